The molecule has 60 valence electrons. The molecule has 1 aromatic heterocycles. The highest BCUT2D eigenvalue weighted by molar-refractivity contribution is 5.18. The minimum absolute atomic E-state index is 0.172. The van der Waals surface area contributed by atoms with E-state index in [-0.39, 0.29) is 5.41 Å². The molecule has 0 radical (unpaired) electrons. The standard InChI is InChI=1S/C7H12N4/c1-11-6(9-5-10-11)7(4-8)2-3-7/h5H,2-4,8H2,1H3. The predicted molar refractivity (Wildman–Crippen MR) is 41.0 cm³/mol. The molecule has 0 saturated heterocycles. The van der Waals surface area contributed by atoms with Crippen molar-refractivity contribution in [3.63, 3.8) is 0 Å². The lowest BCUT2D eigenvalue weighted by atomic mass is 10.1. The minimum Gasteiger partial charge on any atom is -0.329 e. The summed E-state index contributed by atoms with van der Waals surface area (Å²) < 4.78 is 1.82. The van der Waals surface area contributed by atoms with E-state index in [0.29, 0.717) is 6.54 Å². The van der Waals surface area contributed by atoms with Gasteiger partial charge in [-0.05, 0) is 12.8 Å². The summed E-state index contributed by atoms with van der Waals surface area (Å²) >= 11 is 0. The van der Waals surface area contributed by atoms with E-state index in [4.69, 9.17) is 5.73 Å². The van der Waals surface area contributed by atoms with Gasteiger partial charge in [-0.3, -0.25) is 4.68 Å². The van der Waals surface area contributed by atoms with Crippen LogP contribution >= 0.6 is 0 Å². The largest absolute Gasteiger partial charge is 0.329 e. The average molecular weight is 152 g/mol. The summed E-state index contributed by atoms with van der Waals surface area (Å²) in [6.07, 6.45) is 3.91. The Morgan fingerprint density at radius 1 is 1.73 bits per heavy atom. The molecule has 1 aromatic rings. The molecule has 2 rings (SSSR count). The summed E-state index contributed by atoms with van der Waals surface area (Å²) in [5.41, 5.74) is 5.82. The van der Waals surface area contributed by atoms with Crippen LogP contribution in [0.25, 0.3) is 0 Å². The van der Waals surface area contributed by atoms with Gasteiger partial charge in [0.15, 0.2) is 0 Å². The fraction of sp³-hybridized carbons (Fsp3) is 0.714. The van der Waals surface area contributed by atoms with Crippen molar-refractivity contribution < 1.29 is 0 Å². The van der Waals surface area contributed by atoms with E-state index in [2.05, 4.69) is 10.1 Å². The van der Waals surface area contributed by atoms with Crippen molar-refractivity contribution in [3.8, 4) is 0 Å². The third-order valence-electron chi connectivity index (χ3n) is 2.43. The molecule has 0 atom stereocenters. The Kier molecular flexibility index (Phi) is 1.26. The highest BCUT2D eigenvalue weighted by Gasteiger charge is 2.46. The van der Waals surface area contributed by atoms with Gasteiger partial charge in [-0.15, -0.1) is 0 Å². The first-order valence-electron chi connectivity index (χ1n) is 3.83. The van der Waals surface area contributed by atoms with E-state index in [0.717, 1.165) is 18.7 Å². The van der Waals surface area contributed by atoms with Crippen molar-refractivity contribution in [2.45, 2.75) is 18.3 Å². The molecule has 0 spiro atoms. The third kappa shape index (κ3) is 0.860. The minimum atomic E-state index is 0.172. The summed E-state index contributed by atoms with van der Waals surface area (Å²) in [6.45, 7) is 0.694. The predicted octanol–water partition coefficient (Wildman–Crippen LogP) is -0.195. The molecular formula is C7H12N4. The Bertz CT molecular complexity index is 261. The van der Waals surface area contributed by atoms with Crippen LogP contribution < -0.4 is 5.73 Å². The van der Waals surface area contributed by atoms with Crippen LogP contribution in [0.4, 0.5) is 0 Å². The van der Waals surface area contributed by atoms with Gasteiger partial charge in [0.05, 0.1) is 0 Å². The van der Waals surface area contributed by atoms with Crippen molar-refractivity contribution >= 4 is 0 Å². The Labute approximate surface area is 65.4 Å². The molecule has 4 nitrogen and oxygen atoms in total. The van der Waals surface area contributed by atoms with Gasteiger partial charge in [0.25, 0.3) is 0 Å². The molecule has 0 aromatic carbocycles. The first-order chi connectivity index (χ1) is 5.28. The maximum atomic E-state index is 5.65. The third-order valence-corrected chi connectivity index (χ3v) is 2.43. The molecule has 0 bridgehead atoms. The highest BCUT2D eigenvalue weighted by Crippen LogP contribution is 2.45. The lowest BCUT2D eigenvalue weighted by Gasteiger charge is -2.09. The van der Waals surface area contributed by atoms with Crippen LogP contribution in [0.15, 0.2) is 6.33 Å². The van der Waals surface area contributed by atoms with Gasteiger partial charge in [0, 0.05) is 19.0 Å². The maximum Gasteiger partial charge on any atom is 0.138 e. The van der Waals surface area contributed by atoms with Gasteiger partial charge in [-0.25, -0.2) is 4.98 Å². The molecular weight excluding hydrogens is 140 g/mol. The monoisotopic (exact) mass is 152 g/mol. The van der Waals surface area contributed by atoms with Crippen molar-refractivity contribution in [1.82, 2.24) is 14.8 Å². The second kappa shape index (κ2) is 2.04. The maximum absolute atomic E-state index is 5.65. The molecule has 1 aliphatic carbocycles. The Morgan fingerprint density at radius 2 is 2.45 bits per heavy atom. The van der Waals surface area contributed by atoms with Gasteiger partial charge >= 0.3 is 0 Å². The molecule has 0 amide bonds. The molecule has 0 aliphatic heterocycles. The summed E-state index contributed by atoms with van der Waals surface area (Å²) in [5, 5.41) is 4.02. The Hall–Kier alpha value is -0.900. The summed E-state index contributed by atoms with van der Waals surface area (Å²) in [4.78, 5) is 4.19. The summed E-state index contributed by atoms with van der Waals surface area (Å²) in [6, 6.07) is 0. The quantitative estimate of drug-likeness (QED) is 0.638. The van der Waals surface area contributed by atoms with Gasteiger partial charge in [0.2, 0.25) is 0 Å². The van der Waals surface area contributed by atoms with Crippen molar-refractivity contribution in [3.05, 3.63) is 12.2 Å². The van der Waals surface area contributed by atoms with Gasteiger partial charge in [-0.1, -0.05) is 0 Å². The number of aryl methyl sites for hydroxylation is 1. The molecule has 0 unspecified atom stereocenters. The number of nitrogens with two attached hydrogens (primary N) is 1. The van der Waals surface area contributed by atoms with Gasteiger partial charge in [0.1, 0.15) is 12.2 Å². The Balaban J connectivity index is 2.35. The normalized spacial score (nSPS) is 20.2. The number of hydrogen-bond donors (Lipinski definition) is 1. The highest BCUT2D eigenvalue weighted by atomic mass is 15.3. The van der Waals surface area contributed by atoms with Crippen molar-refractivity contribution in [2.75, 3.05) is 6.54 Å². The van der Waals surface area contributed by atoms with E-state index in [1.807, 2.05) is 11.7 Å². The topological polar surface area (TPSA) is 56.7 Å². The zero-order valence-electron chi connectivity index (χ0n) is 6.62. The Morgan fingerprint density at radius 3 is 2.82 bits per heavy atom. The lowest BCUT2D eigenvalue weighted by Crippen LogP contribution is -2.23. The average Bonchev–Trinajstić information content (AvgIpc) is 2.70. The first kappa shape index (κ1) is 6.79. The second-order valence-corrected chi connectivity index (χ2v) is 3.19. The number of aromatic nitrogens is 3. The molecule has 4 heteroatoms. The van der Waals surface area contributed by atoms with E-state index in [1.54, 1.807) is 6.33 Å². The molecule has 11 heavy (non-hydrogen) atoms. The second-order valence-electron chi connectivity index (χ2n) is 3.19. The van der Waals surface area contributed by atoms with Gasteiger partial charge in [-0.2, -0.15) is 5.10 Å². The molecule has 1 saturated carbocycles. The van der Waals surface area contributed by atoms with E-state index >= 15 is 0 Å². The molecule has 1 fully saturated rings. The van der Waals surface area contributed by atoms with Crippen molar-refractivity contribution in [1.29, 1.82) is 0 Å². The summed E-state index contributed by atoms with van der Waals surface area (Å²) in [7, 11) is 1.91. The lowest BCUT2D eigenvalue weighted by molar-refractivity contribution is 0.586. The number of nitrogens with zero attached hydrogens (tertiary/aromatic N) is 3. The van der Waals surface area contributed by atoms with Crippen LogP contribution in [0.3, 0.4) is 0 Å². The van der Waals surface area contributed by atoms with Crippen LogP contribution in [0.1, 0.15) is 18.7 Å². The number of rotatable bonds is 2. The van der Waals surface area contributed by atoms with Gasteiger partial charge < -0.3 is 5.73 Å². The zero-order valence-corrected chi connectivity index (χ0v) is 6.62. The van der Waals surface area contributed by atoms with E-state index < -0.39 is 0 Å². The molecule has 1 aliphatic rings. The SMILES string of the molecule is Cn1ncnc1C1(CN)CC1. The fourth-order valence-corrected chi connectivity index (χ4v) is 1.45. The van der Waals surface area contributed by atoms with Crippen LogP contribution in [-0.2, 0) is 12.5 Å². The van der Waals surface area contributed by atoms with E-state index in [9.17, 15) is 0 Å². The van der Waals surface area contributed by atoms with Crippen LogP contribution in [0.2, 0.25) is 0 Å². The smallest absolute Gasteiger partial charge is 0.138 e. The van der Waals surface area contributed by atoms with Crippen molar-refractivity contribution in [2.24, 2.45) is 12.8 Å². The number of hydrogen-bond acceptors (Lipinski definition) is 3. The zero-order chi connectivity index (χ0) is 7.90. The summed E-state index contributed by atoms with van der Waals surface area (Å²) in [5.74, 6) is 1.04. The van der Waals surface area contributed by atoms with Crippen LogP contribution in [0.5, 0.6) is 0 Å². The fourth-order valence-electron chi connectivity index (χ4n) is 1.45. The molecule has 2 N–H and O–H groups in total. The first-order valence-corrected chi connectivity index (χ1v) is 3.83. The van der Waals surface area contributed by atoms with E-state index in [1.165, 1.54) is 0 Å². The van der Waals surface area contributed by atoms with Crippen LogP contribution in [0, 0.1) is 0 Å². The molecule has 1 heterocycles. The van der Waals surface area contributed by atoms with Crippen LogP contribution in [-0.4, -0.2) is 21.3 Å².